The van der Waals surface area contributed by atoms with Crippen molar-refractivity contribution in [1.82, 2.24) is 5.43 Å². The van der Waals surface area contributed by atoms with Gasteiger partial charge in [-0.25, -0.2) is 0 Å². The average molecular weight is 362 g/mol. The first-order valence-electron chi connectivity index (χ1n) is 6.62. The van der Waals surface area contributed by atoms with E-state index in [-0.39, 0.29) is 22.7 Å². The average Bonchev–Trinajstić information content (AvgIpc) is 2.69. The van der Waals surface area contributed by atoms with E-state index in [4.69, 9.17) is 0 Å². The summed E-state index contributed by atoms with van der Waals surface area (Å²) in [6.07, 6.45) is 5.69. The number of nitrogens with zero attached hydrogens (tertiary/aromatic N) is 2. The number of hydrogen-bond acceptors (Lipinski definition) is 4. The van der Waals surface area contributed by atoms with Gasteiger partial charge in [0.05, 0.1) is 6.21 Å². The van der Waals surface area contributed by atoms with Gasteiger partial charge in [0, 0.05) is 18.5 Å². The predicted octanol–water partition coefficient (Wildman–Crippen LogP) is 3.76. The number of amidine groups is 1. The molecule has 2 rings (SSSR count). The molecule has 0 unspecified atom stereocenters. The number of hydrogen-bond donors (Lipinski definition) is 1. The summed E-state index contributed by atoms with van der Waals surface area (Å²) < 4.78 is 28.9. The van der Waals surface area contributed by atoms with E-state index in [1.165, 1.54) is 18.7 Å². The first-order valence-corrected chi connectivity index (χ1v) is 6.62. The quantitative estimate of drug-likeness (QED) is 0.655. The zero-order valence-electron chi connectivity index (χ0n) is 11.5. The highest BCUT2D eigenvalue weighted by molar-refractivity contribution is 8.93. The monoisotopic (exact) mass is 361 g/mol. The molecule has 0 fully saturated rings. The second-order valence-electron chi connectivity index (χ2n) is 4.43. The Bertz CT molecular complexity index is 495. The maximum Gasteiger partial charge on any atom is 0.387 e. The van der Waals surface area contributed by atoms with Gasteiger partial charge in [0.1, 0.15) is 11.6 Å². The third-order valence-electron chi connectivity index (χ3n) is 2.91. The summed E-state index contributed by atoms with van der Waals surface area (Å²) in [4.78, 5) is 4.37. The third-order valence-corrected chi connectivity index (χ3v) is 2.91. The molecule has 0 aliphatic carbocycles. The molecular weight excluding hydrogens is 344 g/mol. The van der Waals surface area contributed by atoms with Crippen molar-refractivity contribution in [2.45, 2.75) is 32.3 Å². The van der Waals surface area contributed by atoms with Crippen LogP contribution in [0.4, 0.5) is 8.78 Å². The van der Waals surface area contributed by atoms with Gasteiger partial charge in [0.25, 0.3) is 0 Å². The maximum absolute atomic E-state index is 12.3. The number of alkyl halides is 2. The van der Waals surface area contributed by atoms with Crippen LogP contribution >= 0.6 is 17.0 Å². The molecule has 0 aromatic heterocycles. The lowest BCUT2D eigenvalue weighted by molar-refractivity contribution is -0.0499. The van der Waals surface area contributed by atoms with Crippen LogP contribution in [-0.4, -0.2) is 25.2 Å². The zero-order chi connectivity index (χ0) is 14.2. The molecule has 0 radical (unpaired) electrons. The normalized spacial score (nSPS) is 15.3. The molecule has 1 aromatic rings. The number of nitrogens with one attached hydrogen (secondary N) is 1. The molecule has 0 saturated heterocycles. The maximum atomic E-state index is 12.3. The summed E-state index contributed by atoms with van der Waals surface area (Å²) in [7, 11) is 0. The summed E-state index contributed by atoms with van der Waals surface area (Å²) >= 11 is 0. The molecule has 4 nitrogen and oxygen atoms in total. The smallest absolute Gasteiger partial charge is 0.387 e. The lowest BCUT2D eigenvalue weighted by Crippen LogP contribution is -2.17. The third kappa shape index (κ3) is 6.20. The van der Waals surface area contributed by atoms with E-state index in [1.807, 2.05) is 0 Å². The van der Waals surface area contributed by atoms with Gasteiger partial charge in [-0.2, -0.15) is 13.9 Å². The highest BCUT2D eigenvalue weighted by Crippen LogP contribution is 2.18. The minimum absolute atomic E-state index is 0. The van der Waals surface area contributed by atoms with Crippen LogP contribution in [0.1, 0.15) is 31.2 Å². The highest BCUT2D eigenvalue weighted by Gasteiger charge is 2.07. The van der Waals surface area contributed by atoms with Gasteiger partial charge in [-0.1, -0.05) is 18.6 Å². The van der Waals surface area contributed by atoms with E-state index >= 15 is 0 Å². The van der Waals surface area contributed by atoms with Gasteiger partial charge < -0.3 is 4.74 Å². The van der Waals surface area contributed by atoms with E-state index in [0.29, 0.717) is 5.56 Å². The molecule has 1 heterocycles. The first kappa shape index (κ1) is 17.6. The molecule has 0 saturated carbocycles. The lowest BCUT2D eigenvalue weighted by Gasteiger charge is -2.07. The molecule has 0 bridgehead atoms. The Labute approximate surface area is 133 Å². The number of para-hydroxylation sites is 1. The van der Waals surface area contributed by atoms with E-state index < -0.39 is 6.61 Å². The van der Waals surface area contributed by atoms with E-state index in [0.717, 1.165) is 31.6 Å². The first-order chi connectivity index (χ1) is 9.75. The fraction of sp³-hybridized carbons (Fsp3) is 0.429. The number of aliphatic imine (C=N–C) groups is 1. The van der Waals surface area contributed by atoms with Crippen LogP contribution in [0.3, 0.4) is 0 Å². The molecule has 0 amide bonds. The zero-order valence-corrected chi connectivity index (χ0v) is 13.2. The van der Waals surface area contributed by atoms with Crippen LogP contribution in [0.5, 0.6) is 5.75 Å². The summed E-state index contributed by atoms with van der Waals surface area (Å²) in [6.45, 7) is -2.04. The van der Waals surface area contributed by atoms with Crippen LogP contribution in [0.2, 0.25) is 0 Å². The Hall–Kier alpha value is -1.50. The van der Waals surface area contributed by atoms with Crippen molar-refractivity contribution in [3.63, 3.8) is 0 Å². The molecular formula is C14H18BrF2N3O. The van der Waals surface area contributed by atoms with Gasteiger partial charge in [-0.3, -0.25) is 10.4 Å². The highest BCUT2D eigenvalue weighted by atomic mass is 79.9. The van der Waals surface area contributed by atoms with Crippen molar-refractivity contribution in [2.75, 3.05) is 6.54 Å². The van der Waals surface area contributed by atoms with Crippen molar-refractivity contribution >= 4 is 29.0 Å². The van der Waals surface area contributed by atoms with Crippen LogP contribution in [0, 0.1) is 0 Å². The van der Waals surface area contributed by atoms with Gasteiger partial charge in [-0.05, 0) is 25.0 Å². The SMILES string of the molecule is Br.FC(F)Oc1ccccc1/C=N/NC1=NCCCCC1. The Balaban J connectivity index is 0.00000220. The number of benzene rings is 1. The van der Waals surface area contributed by atoms with E-state index in [9.17, 15) is 8.78 Å². The Morgan fingerprint density at radius 3 is 2.86 bits per heavy atom. The molecule has 0 spiro atoms. The Kier molecular flexibility index (Phi) is 7.89. The largest absolute Gasteiger partial charge is 0.434 e. The van der Waals surface area contributed by atoms with Crippen molar-refractivity contribution in [3.05, 3.63) is 29.8 Å². The van der Waals surface area contributed by atoms with Crippen LogP contribution in [0.15, 0.2) is 34.4 Å². The number of halogens is 3. The van der Waals surface area contributed by atoms with Crippen LogP contribution in [0.25, 0.3) is 0 Å². The predicted molar refractivity (Wildman–Crippen MR) is 84.9 cm³/mol. The Morgan fingerprint density at radius 2 is 2.05 bits per heavy atom. The number of hydrazone groups is 1. The van der Waals surface area contributed by atoms with Crippen molar-refractivity contribution in [2.24, 2.45) is 10.1 Å². The molecule has 1 aliphatic heterocycles. The standard InChI is InChI=1S/C14H17F2N3O.BrH/c15-14(16)20-12-7-4-3-6-11(12)10-18-19-13-8-2-1-5-9-17-13;/h3-4,6-7,10,14H,1-2,5,8-9H2,(H,17,19);1H/b18-10+;. The second kappa shape index (κ2) is 9.44. The molecule has 1 aliphatic rings. The molecule has 0 atom stereocenters. The molecule has 21 heavy (non-hydrogen) atoms. The second-order valence-corrected chi connectivity index (χ2v) is 4.43. The van der Waals surface area contributed by atoms with Gasteiger partial charge in [0.2, 0.25) is 0 Å². The fourth-order valence-corrected chi connectivity index (χ4v) is 1.93. The molecule has 1 aromatic carbocycles. The summed E-state index contributed by atoms with van der Waals surface area (Å²) in [5, 5.41) is 4.04. The molecule has 7 heteroatoms. The minimum Gasteiger partial charge on any atom is -0.434 e. The van der Waals surface area contributed by atoms with E-state index in [1.54, 1.807) is 18.2 Å². The van der Waals surface area contributed by atoms with Crippen LogP contribution < -0.4 is 10.2 Å². The van der Waals surface area contributed by atoms with Gasteiger partial charge in [0.15, 0.2) is 0 Å². The van der Waals surface area contributed by atoms with Crippen molar-refractivity contribution in [3.8, 4) is 5.75 Å². The van der Waals surface area contributed by atoms with Crippen LogP contribution in [-0.2, 0) is 0 Å². The minimum atomic E-state index is -2.84. The van der Waals surface area contributed by atoms with Crippen molar-refractivity contribution < 1.29 is 13.5 Å². The van der Waals surface area contributed by atoms with Crippen molar-refractivity contribution in [1.29, 1.82) is 0 Å². The van der Waals surface area contributed by atoms with E-state index in [2.05, 4.69) is 20.3 Å². The van der Waals surface area contributed by atoms with Gasteiger partial charge in [-0.15, -0.1) is 17.0 Å². The summed E-state index contributed by atoms with van der Waals surface area (Å²) in [5.41, 5.74) is 3.36. The Morgan fingerprint density at radius 1 is 1.24 bits per heavy atom. The fourth-order valence-electron chi connectivity index (χ4n) is 1.93. The topological polar surface area (TPSA) is 46.0 Å². The lowest BCUT2D eigenvalue weighted by atomic mass is 10.2. The molecule has 1 N–H and O–H groups in total. The number of ether oxygens (including phenoxy) is 1. The molecule has 116 valence electrons. The summed E-state index contributed by atoms with van der Waals surface area (Å²) in [5.74, 6) is 0.946. The number of rotatable bonds is 4. The van der Waals surface area contributed by atoms with Gasteiger partial charge >= 0.3 is 6.61 Å². The summed E-state index contributed by atoms with van der Waals surface area (Å²) in [6, 6.07) is 6.52.